The number of hydrogen-bond acceptors (Lipinski definition) is 2. The number of benzene rings is 2. The van der Waals surface area contributed by atoms with Crippen LogP contribution in [0.2, 0.25) is 0 Å². The monoisotopic (exact) mass is 281 g/mol. The van der Waals surface area contributed by atoms with Crippen molar-refractivity contribution in [2.24, 2.45) is 11.7 Å². The zero-order valence-corrected chi connectivity index (χ0v) is 12.8. The van der Waals surface area contributed by atoms with Gasteiger partial charge < -0.3 is 10.5 Å². The average molecular weight is 281 g/mol. The summed E-state index contributed by atoms with van der Waals surface area (Å²) in [4.78, 5) is 0. The summed E-state index contributed by atoms with van der Waals surface area (Å²) >= 11 is 0. The van der Waals surface area contributed by atoms with E-state index in [4.69, 9.17) is 10.5 Å². The van der Waals surface area contributed by atoms with Crippen molar-refractivity contribution in [3.63, 3.8) is 0 Å². The highest BCUT2D eigenvalue weighted by Crippen LogP contribution is 2.34. The van der Waals surface area contributed by atoms with Crippen LogP contribution in [-0.2, 0) is 12.8 Å². The summed E-state index contributed by atoms with van der Waals surface area (Å²) in [6.07, 6.45) is 3.40. The third-order valence-corrected chi connectivity index (χ3v) is 4.70. The molecule has 0 radical (unpaired) electrons. The molecule has 2 N–H and O–H groups in total. The molecule has 2 aromatic carbocycles. The molecule has 110 valence electrons. The first-order valence-corrected chi connectivity index (χ1v) is 7.66. The van der Waals surface area contributed by atoms with E-state index in [1.807, 2.05) is 6.07 Å². The minimum Gasteiger partial charge on any atom is -0.496 e. The molecule has 0 amide bonds. The number of aryl methyl sites for hydroxylation is 2. The van der Waals surface area contributed by atoms with E-state index in [2.05, 4.69) is 43.3 Å². The van der Waals surface area contributed by atoms with Gasteiger partial charge in [-0.05, 0) is 60.4 Å². The summed E-state index contributed by atoms with van der Waals surface area (Å²) in [5, 5.41) is 0. The zero-order chi connectivity index (χ0) is 14.8. The second-order valence-corrected chi connectivity index (χ2v) is 6.03. The van der Waals surface area contributed by atoms with Crippen LogP contribution in [0, 0.1) is 12.8 Å². The quantitative estimate of drug-likeness (QED) is 0.928. The van der Waals surface area contributed by atoms with Crippen LogP contribution in [-0.4, -0.2) is 7.11 Å². The van der Waals surface area contributed by atoms with Gasteiger partial charge in [-0.1, -0.05) is 36.4 Å². The van der Waals surface area contributed by atoms with Crippen LogP contribution in [0.3, 0.4) is 0 Å². The van der Waals surface area contributed by atoms with Crippen molar-refractivity contribution in [2.75, 3.05) is 7.11 Å². The van der Waals surface area contributed by atoms with E-state index >= 15 is 0 Å². The number of nitrogens with two attached hydrogens (primary N) is 1. The van der Waals surface area contributed by atoms with Gasteiger partial charge in [-0.15, -0.1) is 0 Å². The van der Waals surface area contributed by atoms with Crippen LogP contribution in [0.25, 0.3) is 0 Å². The standard InChI is InChI=1S/C19H23NO/c1-13-11-16(9-10-18(13)21-2)19(20)17-8-7-14-5-3-4-6-15(14)12-17/h3-6,9-11,17,19H,7-8,12,20H2,1-2H3. The summed E-state index contributed by atoms with van der Waals surface area (Å²) in [6.45, 7) is 2.07. The van der Waals surface area contributed by atoms with Crippen LogP contribution in [0.5, 0.6) is 5.75 Å². The van der Waals surface area contributed by atoms with Crippen molar-refractivity contribution in [1.82, 2.24) is 0 Å². The Labute approximate surface area is 126 Å². The number of methoxy groups -OCH3 is 1. The van der Waals surface area contributed by atoms with E-state index in [1.165, 1.54) is 23.1 Å². The SMILES string of the molecule is COc1ccc(C(N)C2CCc3ccccc3C2)cc1C. The van der Waals surface area contributed by atoms with Gasteiger partial charge in [0.2, 0.25) is 0 Å². The van der Waals surface area contributed by atoms with Gasteiger partial charge in [0, 0.05) is 6.04 Å². The predicted octanol–water partition coefficient (Wildman–Crippen LogP) is 3.81. The van der Waals surface area contributed by atoms with Crippen molar-refractivity contribution < 1.29 is 4.74 Å². The number of fused-ring (bicyclic) bond motifs is 1. The summed E-state index contributed by atoms with van der Waals surface area (Å²) in [7, 11) is 1.71. The molecule has 0 aromatic heterocycles. The fourth-order valence-electron chi connectivity index (χ4n) is 3.41. The Balaban J connectivity index is 1.80. The van der Waals surface area contributed by atoms with Gasteiger partial charge in [-0.25, -0.2) is 0 Å². The molecule has 0 heterocycles. The van der Waals surface area contributed by atoms with Gasteiger partial charge in [0.1, 0.15) is 5.75 Å². The number of rotatable bonds is 3. The van der Waals surface area contributed by atoms with Gasteiger partial charge in [-0.2, -0.15) is 0 Å². The second kappa shape index (κ2) is 5.90. The van der Waals surface area contributed by atoms with E-state index in [0.29, 0.717) is 5.92 Å². The van der Waals surface area contributed by atoms with Gasteiger partial charge in [0.15, 0.2) is 0 Å². The van der Waals surface area contributed by atoms with E-state index < -0.39 is 0 Å². The smallest absolute Gasteiger partial charge is 0.121 e. The molecular weight excluding hydrogens is 258 g/mol. The minimum absolute atomic E-state index is 0.1000. The molecule has 0 saturated carbocycles. The van der Waals surface area contributed by atoms with Crippen molar-refractivity contribution in [3.05, 3.63) is 64.7 Å². The molecule has 0 bridgehead atoms. The Bertz CT molecular complexity index is 635. The second-order valence-electron chi connectivity index (χ2n) is 6.03. The summed E-state index contributed by atoms with van der Waals surface area (Å²) in [5.41, 5.74) is 11.9. The van der Waals surface area contributed by atoms with Crippen molar-refractivity contribution in [2.45, 2.75) is 32.2 Å². The molecular formula is C19H23NO. The molecule has 0 fully saturated rings. The molecule has 2 aromatic rings. The number of hydrogen-bond donors (Lipinski definition) is 1. The molecule has 1 aliphatic carbocycles. The lowest BCUT2D eigenvalue weighted by Gasteiger charge is -2.30. The zero-order valence-electron chi connectivity index (χ0n) is 12.8. The van der Waals surface area contributed by atoms with Crippen LogP contribution in [0.4, 0.5) is 0 Å². The lowest BCUT2D eigenvalue weighted by molar-refractivity contribution is 0.380. The molecule has 0 aliphatic heterocycles. The maximum atomic E-state index is 6.55. The molecule has 2 heteroatoms. The van der Waals surface area contributed by atoms with Crippen molar-refractivity contribution in [1.29, 1.82) is 0 Å². The topological polar surface area (TPSA) is 35.2 Å². The fraction of sp³-hybridized carbons (Fsp3) is 0.368. The Morgan fingerprint density at radius 3 is 2.62 bits per heavy atom. The van der Waals surface area contributed by atoms with Gasteiger partial charge in [0.05, 0.1) is 7.11 Å². The van der Waals surface area contributed by atoms with Gasteiger partial charge >= 0.3 is 0 Å². The highest BCUT2D eigenvalue weighted by atomic mass is 16.5. The first-order valence-electron chi connectivity index (χ1n) is 7.66. The Kier molecular flexibility index (Phi) is 3.98. The first kappa shape index (κ1) is 14.2. The molecule has 21 heavy (non-hydrogen) atoms. The molecule has 2 nitrogen and oxygen atoms in total. The van der Waals surface area contributed by atoms with Crippen LogP contribution in [0.1, 0.15) is 34.7 Å². The third kappa shape index (κ3) is 2.81. The van der Waals surface area contributed by atoms with Crippen molar-refractivity contribution >= 4 is 0 Å². The largest absolute Gasteiger partial charge is 0.496 e. The molecule has 0 spiro atoms. The van der Waals surface area contributed by atoms with E-state index in [0.717, 1.165) is 24.2 Å². The lowest BCUT2D eigenvalue weighted by atomic mass is 9.78. The lowest BCUT2D eigenvalue weighted by Crippen LogP contribution is -2.27. The van der Waals surface area contributed by atoms with E-state index in [1.54, 1.807) is 7.11 Å². The highest BCUT2D eigenvalue weighted by Gasteiger charge is 2.25. The molecule has 1 aliphatic rings. The maximum Gasteiger partial charge on any atom is 0.121 e. The Hall–Kier alpha value is -1.80. The average Bonchev–Trinajstić information content (AvgIpc) is 2.53. The predicted molar refractivity (Wildman–Crippen MR) is 86.6 cm³/mol. The van der Waals surface area contributed by atoms with Crippen LogP contribution >= 0.6 is 0 Å². The summed E-state index contributed by atoms with van der Waals surface area (Å²) < 4.78 is 5.33. The number of ether oxygens (including phenoxy) is 1. The summed E-state index contributed by atoms with van der Waals surface area (Å²) in [5.74, 6) is 1.45. The van der Waals surface area contributed by atoms with E-state index in [9.17, 15) is 0 Å². The minimum atomic E-state index is 0.1000. The Morgan fingerprint density at radius 2 is 1.90 bits per heavy atom. The van der Waals surface area contributed by atoms with Crippen LogP contribution in [0.15, 0.2) is 42.5 Å². The molecule has 2 atom stereocenters. The molecule has 0 saturated heterocycles. The third-order valence-electron chi connectivity index (χ3n) is 4.70. The normalized spacial score (nSPS) is 18.9. The maximum absolute atomic E-state index is 6.55. The molecule has 3 rings (SSSR count). The molecule has 2 unspecified atom stereocenters. The van der Waals surface area contributed by atoms with Crippen molar-refractivity contribution in [3.8, 4) is 5.75 Å². The van der Waals surface area contributed by atoms with Gasteiger partial charge in [0.25, 0.3) is 0 Å². The first-order chi connectivity index (χ1) is 10.2. The Morgan fingerprint density at radius 1 is 1.14 bits per heavy atom. The van der Waals surface area contributed by atoms with Gasteiger partial charge in [-0.3, -0.25) is 0 Å². The highest BCUT2D eigenvalue weighted by molar-refractivity contribution is 5.38. The summed E-state index contributed by atoms with van der Waals surface area (Å²) in [6, 6.07) is 15.2. The fourth-order valence-corrected chi connectivity index (χ4v) is 3.41. The van der Waals surface area contributed by atoms with Crippen LogP contribution < -0.4 is 10.5 Å². The van der Waals surface area contributed by atoms with E-state index in [-0.39, 0.29) is 6.04 Å².